The van der Waals surface area contributed by atoms with Gasteiger partial charge in [0, 0.05) is 0 Å². The van der Waals surface area contributed by atoms with Crippen molar-refractivity contribution in [2.75, 3.05) is 0 Å². The molecule has 0 bridgehead atoms. The summed E-state index contributed by atoms with van der Waals surface area (Å²) in [6.07, 6.45) is 3.36. The molecule has 0 atom stereocenters. The fourth-order valence-electron chi connectivity index (χ4n) is 2.42. The Kier molecular flexibility index (Phi) is 4.53. The van der Waals surface area contributed by atoms with E-state index in [2.05, 4.69) is 29.8 Å². The number of nitrogens with one attached hydrogen (secondary N) is 2. The van der Waals surface area contributed by atoms with Crippen molar-refractivity contribution in [3.05, 3.63) is 71.8 Å². The molecule has 2 amide bonds. The predicted molar refractivity (Wildman–Crippen MR) is 99.0 cm³/mol. The Bertz CT molecular complexity index is 803. The molecule has 4 nitrogen and oxygen atoms in total. The van der Waals surface area contributed by atoms with Crippen molar-refractivity contribution in [3.63, 3.8) is 0 Å². The van der Waals surface area contributed by atoms with Gasteiger partial charge in [-0.2, -0.15) is 0 Å². The molecule has 2 aromatic rings. The third-order valence-corrected chi connectivity index (χ3v) is 3.98. The molecular formula is C19H16N2O2S. The van der Waals surface area contributed by atoms with E-state index < -0.39 is 17.3 Å². The second-order valence-electron chi connectivity index (χ2n) is 5.36. The molecular weight excluding hydrogens is 320 g/mol. The van der Waals surface area contributed by atoms with Gasteiger partial charge in [0.15, 0.2) is 0 Å². The highest BCUT2D eigenvalue weighted by molar-refractivity contribution is 7.80. The van der Waals surface area contributed by atoms with E-state index in [4.69, 9.17) is 0 Å². The molecule has 0 radical (unpaired) electrons. The van der Waals surface area contributed by atoms with Crippen LogP contribution in [0.1, 0.15) is 11.1 Å². The summed E-state index contributed by atoms with van der Waals surface area (Å²) in [5, 5.41) is 5.09. The Morgan fingerprint density at radius 1 is 0.833 bits per heavy atom. The van der Waals surface area contributed by atoms with E-state index in [1.807, 2.05) is 48.5 Å². The van der Waals surface area contributed by atoms with Gasteiger partial charge in [-0.1, -0.05) is 61.2 Å². The van der Waals surface area contributed by atoms with E-state index >= 15 is 0 Å². The first-order valence-electron chi connectivity index (χ1n) is 7.41. The van der Waals surface area contributed by atoms with Crippen molar-refractivity contribution in [2.45, 2.75) is 5.50 Å². The van der Waals surface area contributed by atoms with Gasteiger partial charge in [-0.25, -0.2) is 0 Å². The number of hydrogen-bond donors (Lipinski definition) is 3. The Balaban J connectivity index is 1.83. The van der Waals surface area contributed by atoms with Crippen molar-refractivity contribution in [3.8, 4) is 11.1 Å². The first-order valence-corrected chi connectivity index (χ1v) is 7.93. The Morgan fingerprint density at radius 2 is 1.29 bits per heavy atom. The lowest BCUT2D eigenvalue weighted by atomic mass is 10.0. The standard InChI is InChI=1S/C19H16N2O2S/c1-2-12-3-7-14(8-4-12)15-9-5-13(6-10-15)11-16-17(22)20-19(24)21-18(16)23/h2-11,19,24H,1H2,(H,20,22)(H,21,23). The summed E-state index contributed by atoms with van der Waals surface area (Å²) in [6, 6.07) is 15.7. The largest absolute Gasteiger partial charge is 0.323 e. The maximum absolute atomic E-state index is 11.9. The highest BCUT2D eigenvalue weighted by Crippen LogP contribution is 2.22. The summed E-state index contributed by atoms with van der Waals surface area (Å²) in [6.45, 7) is 3.74. The molecule has 1 saturated heterocycles. The van der Waals surface area contributed by atoms with Crippen LogP contribution in [-0.2, 0) is 9.59 Å². The molecule has 24 heavy (non-hydrogen) atoms. The zero-order chi connectivity index (χ0) is 17.1. The number of benzene rings is 2. The number of rotatable bonds is 3. The molecule has 2 N–H and O–H groups in total. The predicted octanol–water partition coefficient (Wildman–Crippen LogP) is 2.84. The van der Waals surface area contributed by atoms with Crippen LogP contribution in [0.15, 0.2) is 60.7 Å². The van der Waals surface area contributed by atoms with Crippen molar-refractivity contribution < 1.29 is 9.59 Å². The lowest BCUT2D eigenvalue weighted by molar-refractivity contribution is -0.126. The third-order valence-electron chi connectivity index (χ3n) is 3.73. The first kappa shape index (κ1) is 16.1. The zero-order valence-corrected chi connectivity index (χ0v) is 13.7. The van der Waals surface area contributed by atoms with Gasteiger partial charge in [-0.15, -0.1) is 12.6 Å². The maximum atomic E-state index is 11.9. The lowest BCUT2D eigenvalue weighted by Gasteiger charge is -2.21. The Morgan fingerprint density at radius 3 is 1.75 bits per heavy atom. The van der Waals surface area contributed by atoms with Crippen LogP contribution in [0, 0.1) is 0 Å². The van der Waals surface area contributed by atoms with Crippen LogP contribution < -0.4 is 10.6 Å². The molecule has 1 heterocycles. The van der Waals surface area contributed by atoms with Crippen LogP contribution in [0.2, 0.25) is 0 Å². The van der Waals surface area contributed by atoms with Crippen LogP contribution in [-0.4, -0.2) is 17.3 Å². The van der Waals surface area contributed by atoms with Gasteiger partial charge in [-0.05, 0) is 28.3 Å². The molecule has 0 aliphatic carbocycles. The Hall–Kier alpha value is -2.79. The van der Waals surface area contributed by atoms with Gasteiger partial charge in [0.1, 0.15) is 11.1 Å². The number of carbonyl (C=O) groups is 2. The molecule has 3 rings (SSSR count). The summed E-state index contributed by atoms with van der Waals surface area (Å²) >= 11 is 4.02. The highest BCUT2D eigenvalue weighted by atomic mass is 32.1. The van der Waals surface area contributed by atoms with Crippen LogP contribution >= 0.6 is 12.6 Å². The van der Waals surface area contributed by atoms with E-state index in [9.17, 15) is 9.59 Å². The van der Waals surface area contributed by atoms with Gasteiger partial charge >= 0.3 is 0 Å². The van der Waals surface area contributed by atoms with Gasteiger partial charge in [0.05, 0.1) is 0 Å². The number of hydrogen-bond acceptors (Lipinski definition) is 3. The normalized spacial score (nSPS) is 17.0. The quantitative estimate of drug-likeness (QED) is 0.459. The van der Waals surface area contributed by atoms with Crippen LogP contribution in [0.5, 0.6) is 0 Å². The molecule has 1 aliphatic heterocycles. The van der Waals surface area contributed by atoms with Gasteiger partial charge in [0.2, 0.25) is 0 Å². The summed E-state index contributed by atoms with van der Waals surface area (Å²) in [7, 11) is 0. The zero-order valence-electron chi connectivity index (χ0n) is 12.8. The smallest absolute Gasteiger partial charge is 0.259 e. The van der Waals surface area contributed by atoms with E-state index in [0.717, 1.165) is 22.3 Å². The summed E-state index contributed by atoms with van der Waals surface area (Å²) in [4.78, 5) is 23.7. The summed E-state index contributed by atoms with van der Waals surface area (Å²) < 4.78 is 0. The van der Waals surface area contributed by atoms with Crippen molar-refractivity contribution in [2.24, 2.45) is 0 Å². The monoisotopic (exact) mass is 336 g/mol. The summed E-state index contributed by atoms with van der Waals surface area (Å²) in [5.41, 5.74) is 3.41. The minimum atomic E-state index is -0.650. The van der Waals surface area contributed by atoms with Crippen LogP contribution in [0.4, 0.5) is 0 Å². The maximum Gasteiger partial charge on any atom is 0.259 e. The second-order valence-corrected chi connectivity index (χ2v) is 5.87. The number of carbonyl (C=O) groups excluding carboxylic acids is 2. The van der Waals surface area contributed by atoms with Gasteiger partial charge in [0.25, 0.3) is 11.8 Å². The van der Waals surface area contributed by atoms with E-state index in [-0.39, 0.29) is 5.57 Å². The molecule has 0 aromatic heterocycles. The first-order chi connectivity index (χ1) is 11.6. The molecule has 1 fully saturated rings. The van der Waals surface area contributed by atoms with E-state index in [0.29, 0.717) is 0 Å². The van der Waals surface area contributed by atoms with Gasteiger partial charge < -0.3 is 10.6 Å². The van der Waals surface area contributed by atoms with Crippen LogP contribution in [0.3, 0.4) is 0 Å². The fourth-order valence-corrected chi connectivity index (χ4v) is 2.66. The number of amides is 2. The molecule has 1 aliphatic rings. The van der Waals surface area contributed by atoms with E-state index in [1.165, 1.54) is 0 Å². The fraction of sp³-hybridized carbons (Fsp3) is 0.0526. The van der Waals surface area contributed by atoms with Crippen LogP contribution in [0.25, 0.3) is 23.3 Å². The molecule has 0 spiro atoms. The molecule has 0 unspecified atom stereocenters. The van der Waals surface area contributed by atoms with Crippen molar-refractivity contribution >= 4 is 36.6 Å². The average Bonchev–Trinajstić information content (AvgIpc) is 2.59. The molecule has 120 valence electrons. The SMILES string of the molecule is C=Cc1ccc(-c2ccc(C=C3C(=O)NC(S)NC3=O)cc2)cc1. The summed E-state index contributed by atoms with van der Waals surface area (Å²) in [5.74, 6) is -0.856. The van der Waals surface area contributed by atoms with Crippen molar-refractivity contribution in [1.82, 2.24) is 10.6 Å². The van der Waals surface area contributed by atoms with Gasteiger partial charge in [-0.3, -0.25) is 9.59 Å². The second kappa shape index (κ2) is 6.76. The average molecular weight is 336 g/mol. The topological polar surface area (TPSA) is 58.2 Å². The molecule has 0 saturated carbocycles. The third kappa shape index (κ3) is 3.41. The van der Waals surface area contributed by atoms with E-state index in [1.54, 1.807) is 12.2 Å². The minimum Gasteiger partial charge on any atom is -0.323 e. The lowest BCUT2D eigenvalue weighted by Crippen LogP contribution is -2.52. The minimum absolute atomic E-state index is 0.0726. The molecule has 5 heteroatoms. The highest BCUT2D eigenvalue weighted by Gasteiger charge is 2.26. The van der Waals surface area contributed by atoms with Crippen molar-refractivity contribution in [1.29, 1.82) is 0 Å². The number of thiol groups is 1. The molecule has 2 aromatic carbocycles. The Labute approximate surface area is 145 Å².